The predicted octanol–water partition coefficient (Wildman–Crippen LogP) is 6.86. The Labute approximate surface area is 215 Å². The summed E-state index contributed by atoms with van der Waals surface area (Å²) in [7, 11) is 0. The monoisotopic (exact) mass is 497 g/mol. The van der Waals surface area contributed by atoms with Gasteiger partial charge in [-0.2, -0.15) is 0 Å². The zero-order valence-corrected chi connectivity index (χ0v) is 21.7. The number of carbonyl (C=O) groups is 2. The minimum atomic E-state index is -0.486. The zero-order valence-electron chi connectivity index (χ0n) is 20.9. The van der Waals surface area contributed by atoms with Crippen molar-refractivity contribution in [1.82, 2.24) is 4.98 Å². The smallest absolute Gasteiger partial charge is 0.257 e. The Bertz CT molecular complexity index is 1460. The number of primary amides is 1. The van der Waals surface area contributed by atoms with Crippen LogP contribution >= 0.6 is 11.3 Å². The molecule has 36 heavy (non-hydrogen) atoms. The first-order valence-corrected chi connectivity index (χ1v) is 13.3. The number of hydrogen-bond acceptors (Lipinski definition) is 4. The van der Waals surface area contributed by atoms with E-state index in [0.29, 0.717) is 22.0 Å². The number of fused-ring (bicyclic) bond motifs is 2. The second kappa shape index (κ2) is 9.51. The van der Waals surface area contributed by atoms with E-state index in [0.717, 1.165) is 53.4 Å². The van der Waals surface area contributed by atoms with Gasteiger partial charge in [-0.3, -0.25) is 9.59 Å². The standard InChI is InChI=1S/C30H31N3O2S/c1-4-30(2,3)19-14-15-21-25(16-19)36-29(26(21)27(31)34)33-28(35)22-17-24(18-10-6-5-7-11-18)32-23-13-9-8-12-20(22)23/h5-13,17,19H,4,14-16H2,1-3H3,(H2,31,34)(H,33,35). The number of carbonyl (C=O) groups excluding carboxylic acids is 2. The van der Waals surface area contributed by atoms with E-state index in [-0.39, 0.29) is 11.3 Å². The van der Waals surface area contributed by atoms with Gasteiger partial charge in [-0.05, 0) is 48.3 Å². The summed E-state index contributed by atoms with van der Waals surface area (Å²) in [6.07, 6.45) is 3.84. The molecule has 4 aromatic rings. The Morgan fingerprint density at radius 1 is 1.11 bits per heavy atom. The molecule has 1 aliphatic carbocycles. The molecule has 6 heteroatoms. The Balaban J connectivity index is 1.54. The minimum absolute atomic E-state index is 0.224. The van der Waals surface area contributed by atoms with Crippen LogP contribution in [0, 0.1) is 11.3 Å². The Morgan fingerprint density at radius 3 is 2.56 bits per heavy atom. The van der Waals surface area contributed by atoms with Gasteiger partial charge in [-0.1, -0.05) is 75.7 Å². The molecule has 2 amide bonds. The van der Waals surface area contributed by atoms with Gasteiger partial charge in [0.05, 0.1) is 22.3 Å². The van der Waals surface area contributed by atoms with Gasteiger partial charge in [0.15, 0.2) is 0 Å². The number of nitrogens with zero attached hydrogens (tertiary/aromatic N) is 1. The Morgan fingerprint density at radius 2 is 1.83 bits per heavy atom. The summed E-state index contributed by atoms with van der Waals surface area (Å²) in [5.74, 6) is -0.214. The number of nitrogens with one attached hydrogen (secondary N) is 1. The average Bonchev–Trinajstić information content (AvgIpc) is 3.25. The number of nitrogens with two attached hydrogens (primary N) is 1. The first kappa shape index (κ1) is 24.2. The SMILES string of the molecule is CCC(C)(C)C1CCc2c(sc(NC(=O)c3cc(-c4ccccc4)nc4ccccc34)c2C(N)=O)C1. The van der Waals surface area contributed by atoms with Gasteiger partial charge >= 0.3 is 0 Å². The molecule has 1 unspecified atom stereocenters. The van der Waals surface area contributed by atoms with Crippen molar-refractivity contribution < 1.29 is 9.59 Å². The summed E-state index contributed by atoms with van der Waals surface area (Å²) >= 11 is 1.50. The molecule has 184 valence electrons. The molecule has 3 N–H and O–H groups in total. The van der Waals surface area contributed by atoms with Crippen LogP contribution < -0.4 is 11.1 Å². The number of pyridine rings is 1. The fourth-order valence-electron chi connectivity index (χ4n) is 5.18. The van der Waals surface area contributed by atoms with E-state index in [1.54, 1.807) is 0 Å². The average molecular weight is 498 g/mol. The first-order valence-electron chi connectivity index (χ1n) is 12.5. The first-order chi connectivity index (χ1) is 17.3. The van der Waals surface area contributed by atoms with Crippen LogP contribution in [-0.4, -0.2) is 16.8 Å². The lowest BCUT2D eigenvalue weighted by molar-refractivity contribution is 0.0999. The number of rotatable bonds is 6. The maximum atomic E-state index is 13.7. The predicted molar refractivity (Wildman–Crippen MR) is 148 cm³/mol. The molecule has 2 heterocycles. The van der Waals surface area contributed by atoms with Crippen LogP contribution in [0.4, 0.5) is 5.00 Å². The highest BCUT2D eigenvalue weighted by molar-refractivity contribution is 7.17. The van der Waals surface area contributed by atoms with E-state index in [2.05, 4.69) is 26.1 Å². The second-order valence-electron chi connectivity index (χ2n) is 10.2. The van der Waals surface area contributed by atoms with Crippen LogP contribution in [0.2, 0.25) is 0 Å². The lowest BCUT2D eigenvalue weighted by Crippen LogP contribution is -2.29. The summed E-state index contributed by atoms with van der Waals surface area (Å²) in [6, 6.07) is 19.3. The molecule has 0 saturated heterocycles. The number of anilines is 1. The van der Waals surface area contributed by atoms with Crippen molar-refractivity contribution in [2.75, 3.05) is 5.32 Å². The number of amides is 2. The molecule has 5 rings (SSSR count). The normalized spacial score (nSPS) is 15.5. The summed E-state index contributed by atoms with van der Waals surface area (Å²) in [5, 5.41) is 4.37. The fourth-order valence-corrected chi connectivity index (χ4v) is 6.51. The summed E-state index contributed by atoms with van der Waals surface area (Å²) in [4.78, 5) is 32.2. The topological polar surface area (TPSA) is 85.1 Å². The largest absolute Gasteiger partial charge is 0.365 e. The summed E-state index contributed by atoms with van der Waals surface area (Å²) in [6.45, 7) is 6.85. The molecular formula is C30H31N3O2S. The number of thiophene rings is 1. The summed E-state index contributed by atoms with van der Waals surface area (Å²) in [5.41, 5.74) is 10.5. The van der Waals surface area contributed by atoms with Crippen LogP contribution in [0.25, 0.3) is 22.2 Å². The van der Waals surface area contributed by atoms with Gasteiger partial charge in [0.1, 0.15) is 5.00 Å². The quantitative estimate of drug-likeness (QED) is 0.305. The number of benzene rings is 2. The third-order valence-electron chi connectivity index (χ3n) is 7.79. The van der Waals surface area contributed by atoms with Crippen molar-refractivity contribution in [2.45, 2.75) is 46.5 Å². The van der Waals surface area contributed by atoms with Gasteiger partial charge in [-0.25, -0.2) is 4.98 Å². The molecule has 0 spiro atoms. The zero-order chi connectivity index (χ0) is 25.4. The lowest BCUT2D eigenvalue weighted by atomic mass is 9.69. The third kappa shape index (κ3) is 4.42. The van der Waals surface area contributed by atoms with Crippen LogP contribution in [0.1, 0.15) is 64.8 Å². The second-order valence-corrected chi connectivity index (χ2v) is 11.4. The molecule has 0 aliphatic heterocycles. The Hall–Kier alpha value is -3.51. The van der Waals surface area contributed by atoms with Gasteiger partial charge in [0.2, 0.25) is 0 Å². The highest BCUT2D eigenvalue weighted by atomic mass is 32.1. The highest BCUT2D eigenvalue weighted by Gasteiger charge is 2.35. The van der Waals surface area contributed by atoms with Crippen LogP contribution in [-0.2, 0) is 12.8 Å². The van der Waals surface area contributed by atoms with E-state index >= 15 is 0 Å². The molecule has 2 aromatic heterocycles. The van der Waals surface area contributed by atoms with E-state index in [1.807, 2.05) is 60.7 Å². The maximum absolute atomic E-state index is 13.7. The minimum Gasteiger partial charge on any atom is -0.365 e. The third-order valence-corrected chi connectivity index (χ3v) is 8.96. The number of aromatic nitrogens is 1. The van der Waals surface area contributed by atoms with E-state index in [1.165, 1.54) is 16.2 Å². The lowest BCUT2D eigenvalue weighted by Gasteiger charge is -2.36. The molecule has 0 radical (unpaired) electrons. The van der Waals surface area contributed by atoms with Crippen molar-refractivity contribution in [2.24, 2.45) is 17.1 Å². The molecule has 1 atom stereocenters. The molecule has 5 nitrogen and oxygen atoms in total. The molecule has 1 aliphatic rings. The maximum Gasteiger partial charge on any atom is 0.257 e. The van der Waals surface area contributed by atoms with Crippen molar-refractivity contribution >= 4 is 39.1 Å². The molecular weight excluding hydrogens is 466 g/mol. The van der Waals surface area contributed by atoms with Crippen LogP contribution in [0.5, 0.6) is 0 Å². The van der Waals surface area contributed by atoms with Crippen molar-refractivity contribution in [3.8, 4) is 11.3 Å². The molecule has 0 saturated carbocycles. The van der Waals surface area contributed by atoms with Crippen molar-refractivity contribution in [3.05, 3.63) is 82.2 Å². The van der Waals surface area contributed by atoms with E-state index in [4.69, 9.17) is 10.7 Å². The number of hydrogen-bond donors (Lipinski definition) is 2. The fraction of sp³-hybridized carbons (Fsp3) is 0.300. The van der Waals surface area contributed by atoms with Crippen LogP contribution in [0.15, 0.2) is 60.7 Å². The van der Waals surface area contributed by atoms with Crippen LogP contribution in [0.3, 0.4) is 0 Å². The Kier molecular flexibility index (Phi) is 6.39. The molecule has 2 aromatic carbocycles. The van der Waals surface area contributed by atoms with Crippen molar-refractivity contribution in [3.63, 3.8) is 0 Å². The van der Waals surface area contributed by atoms with Gasteiger partial charge < -0.3 is 11.1 Å². The summed E-state index contributed by atoms with van der Waals surface area (Å²) < 4.78 is 0. The van der Waals surface area contributed by atoms with Crippen molar-refractivity contribution in [1.29, 1.82) is 0 Å². The molecule has 0 bridgehead atoms. The van der Waals surface area contributed by atoms with E-state index < -0.39 is 5.91 Å². The van der Waals surface area contributed by atoms with Gasteiger partial charge in [-0.15, -0.1) is 11.3 Å². The number of para-hydroxylation sites is 1. The molecule has 0 fully saturated rings. The van der Waals surface area contributed by atoms with Gasteiger partial charge in [0.25, 0.3) is 11.8 Å². The van der Waals surface area contributed by atoms with Gasteiger partial charge in [0, 0.05) is 15.8 Å². The van der Waals surface area contributed by atoms with E-state index in [9.17, 15) is 9.59 Å². The highest BCUT2D eigenvalue weighted by Crippen LogP contribution is 2.45.